The molecule has 0 atom stereocenters. The van der Waals surface area contributed by atoms with E-state index in [-0.39, 0.29) is 5.84 Å². The predicted octanol–water partition coefficient (Wildman–Crippen LogP) is 1.01. The fourth-order valence-corrected chi connectivity index (χ4v) is 1.69. The number of amidine groups is 1. The Kier molecular flexibility index (Phi) is 3.29. The molecule has 0 saturated carbocycles. The number of aromatic nitrogens is 4. The molecule has 2 aromatic rings. The second-order valence-corrected chi connectivity index (χ2v) is 4.22. The molecule has 0 unspecified atom stereocenters. The maximum absolute atomic E-state index is 7.29. The van der Waals surface area contributed by atoms with Gasteiger partial charge in [-0.1, -0.05) is 0 Å². The van der Waals surface area contributed by atoms with Crippen molar-refractivity contribution < 1.29 is 0 Å². The van der Waals surface area contributed by atoms with Crippen LogP contribution in [0.4, 0.5) is 0 Å². The summed E-state index contributed by atoms with van der Waals surface area (Å²) >= 11 is 1.23. The third kappa shape index (κ3) is 2.97. The summed E-state index contributed by atoms with van der Waals surface area (Å²) in [5.41, 5.74) is 6.74. The van der Waals surface area contributed by atoms with Crippen molar-refractivity contribution in [3.8, 4) is 0 Å². The van der Waals surface area contributed by atoms with Gasteiger partial charge >= 0.3 is 0 Å². The molecule has 86 valence electrons. The number of hydrogen-bond acceptors (Lipinski definition) is 6. The van der Waals surface area contributed by atoms with E-state index in [1.165, 1.54) is 11.8 Å². The van der Waals surface area contributed by atoms with Crippen molar-refractivity contribution in [1.29, 1.82) is 5.41 Å². The summed E-state index contributed by atoms with van der Waals surface area (Å²) < 4.78 is 0. The highest BCUT2D eigenvalue weighted by Crippen LogP contribution is 2.19. The van der Waals surface area contributed by atoms with Crippen molar-refractivity contribution in [2.24, 2.45) is 5.73 Å². The maximum Gasteiger partial charge on any atom is 0.196 e. The third-order valence-corrected chi connectivity index (χ3v) is 2.62. The van der Waals surface area contributed by atoms with Gasteiger partial charge in [0, 0.05) is 18.6 Å². The molecule has 0 aliphatic heterocycles. The molecule has 2 rings (SSSR count). The minimum Gasteiger partial charge on any atom is -0.382 e. The average molecular weight is 246 g/mol. The minimum absolute atomic E-state index is 0.0842. The van der Waals surface area contributed by atoms with Gasteiger partial charge in [0.2, 0.25) is 0 Å². The van der Waals surface area contributed by atoms with E-state index in [2.05, 4.69) is 19.9 Å². The van der Waals surface area contributed by atoms with Crippen LogP contribution in [0, 0.1) is 12.3 Å². The Balaban J connectivity index is 2.21. The maximum atomic E-state index is 7.29. The second-order valence-electron chi connectivity index (χ2n) is 3.28. The number of aryl methyl sites for hydroxylation is 1. The number of nitrogens with one attached hydrogen (secondary N) is 1. The van der Waals surface area contributed by atoms with Crippen LogP contribution in [0.2, 0.25) is 0 Å². The van der Waals surface area contributed by atoms with Crippen LogP contribution in [0.3, 0.4) is 0 Å². The zero-order chi connectivity index (χ0) is 12.3. The molecule has 0 spiro atoms. The molecule has 0 bridgehead atoms. The Morgan fingerprint density at radius 1 is 1.24 bits per heavy atom. The molecule has 2 heterocycles. The lowest BCUT2D eigenvalue weighted by Crippen LogP contribution is -2.13. The van der Waals surface area contributed by atoms with Crippen LogP contribution in [0.25, 0.3) is 0 Å². The summed E-state index contributed by atoms with van der Waals surface area (Å²) in [6.07, 6.45) is 5.01. The number of hydrogen-bond donors (Lipinski definition) is 2. The van der Waals surface area contributed by atoms with E-state index in [0.717, 1.165) is 5.56 Å². The van der Waals surface area contributed by atoms with E-state index < -0.39 is 0 Å². The van der Waals surface area contributed by atoms with Gasteiger partial charge in [0.05, 0.1) is 0 Å². The molecule has 6 nitrogen and oxygen atoms in total. The van der Waals surface area contributed by atoms with Crippen LogP contribution in [0.1, 0.15) is 11.3 Å². The summed E-state index contributed by atoms with van der Waals surface area (Å²) in [5, 5.41) is 8.33. The fraction of sp³-hybridized carbons (Fsp3) is 0.100. The average Bonchev–Trinajstić information content (AvgIpc) is 2.32. The molecule has 3 N–H and O–H groups in total. The molecular formula is C10H10N6S. The van der Waals surface area contributed by atoms with Gasteiger partial charge in [-0.25, -0.2) is 19.9 Å². The number of nitrogens with zero attached hydrogens (tertiary/aromatic N) is 4. The molecule has 2 aromatic heterocycles. The van der Waals surface area contributed by atoms with E-state index in [0.29, 0.717) is 16.0 Å². The lowest BCUT2D eigenvalue weighted by molar-refractivity contribution is 0.914. The van der Waals surface area contributed by atoms with E-state index in [1.807, 2.05) is 6.92 Å². The summed E-state index contributed by atoms with van der Waals surface area (Å²) in [6, 6.07) is 1.59. The lowest BCUT2D eigenvalue weighted by atomic mass is 10.4. The molecule has 0 aliphatic carbocycles. The highest BCUT2D eigenvalue weighted by atomic mass is 32.2. The van der Waals surface area contributed by atoms with Gasteiger partial charge in [-0.15, -0.1) is 0 Å². The Labute approximate surface area is 102 Å². The van der Waals surface area contributed by atoms with Crippen molar-refractivity contribution in [1.82, 2.24) is 19.9 Å². The van der Waals surface area contributed by atoms with Crippen molar-refractivity contribution >= 4 is 17.6 Å². The van der Waals surface area contributed by atoms with Crippen LogP contribution in [0.15, 0.2) is 35.0 Å². The van der Waals surface area contributed by atoms with Crippen LogP contribution >= 0.6 is 11.8 Å². The quantitative estimate of drug-likeness (QED) is 0.476. The standard InChI is InChI=1S/C10H10N6S/c1-6-4-14-9(15-5-6)17-10-13-3-2-7(16-10)8(11)12/h2-5H,1H3,(H3,11,12). The predicted molar refractivity (Wildman–Crippen MR) is 63.9 cm³/mol. The molecule has 0 radical (unpaired) electrons. The third-order valence-electron chi connectivity index (χ3n) is 1.85. The van der Waals surface area contributed by atoms with E-state index in [4.69, 9.17) is 11.1 Å². The summed E-state index contributed by atoms with van der Waals surface area (Å²) in [4.78, 5) is 16.4. The smallest absolute Gasteiger partial charge is 0.196 e. The normalized spacial score (nSPS) is 10.2. The van der Waals surface area contributed by atoms with Gasteiger partial charge in [-0.2, -0.15) is 0 Å². The lowest BCUT2D eigenvalue weighted by Gasteiger charge is -2.01. The molecule has 0 aromatic carbocycles. The van der Waals surface area contributed by atoms with Gasteiger partial charge in [0.1, 0.15) is 11.5 Å². The minimum atomic E-state index is -0.0842. The molecule has 7 heteroatoms. The Morgan fingerprint density at radius 3 is 2.59 bits per heavy atom. The van der Waals surface area contributed by atoms with Crippen molar-refractivity contribution in [3.05, 3.63) is 35.9 Å². The first-order chi connectivity index (χ1) is 8.15. The van der Waals surface area contributed by atoms with Crippen LogP contribution in [-0.4, -0.2) is 25.8 Å². The first-order valence-corrected chi connectivity index (χ1v) is 5.61. The van der Waals surface area contributed by atoms with E-state index >= 15 is 0 Å². The zero-order valence-corrected chi connectivity index (χ0v) is 9.90. The topological polar surface area (TPSA) is 101 Å². The van der Waals surface area contributed by atoms with Gasteiger partial charge in [0.15, 0.2) is 10.3 Å². The van der Waals surface area contributed by atoms with Crippen molar-refractivity contribution in [2.45, 2.75) is 17.2 Å². The molecule has 0 aliphatic rings. The number of rotatable bonds is 3. The molecule has 0 saturated heterocycles. The van der Waals surface area contributed by atoms with Gasteiger partial charge < -0.3 is 5.73 Å². The van der Waals surface area contributed by atoms with E-state index in [9.17, 15) is 0 Å². The SMILES string of the molecule is Cc1cnc(Sc2nccc(C(=N)N)n2)nc1. The second kappa shape index (κ2) is 4.88. The number of nitrogen functional groups attached to an aromatic ring is 1. The molecule has 17 heavy (non-hydrogen) atoms. The van der Waals surface area contributed by atoms with Gasteiger partial charge in [0.25, 0.3) is 0 Å². The summed E-state index contributed by atoms with van der Waals surface area (Å²) in [7, 11) is 0. The van der Waals surface area contributed by atoms with Gasteiger partial charge in [-0.3, -0.25) is 5.41 Å². The highest BCUT2D eigenvalue weighted by Gasteiger charge is 2.05. The first-order valence-electron chi connectivity index (χ1n) is 4.79. The van der Waals surface area contributed by atoms with Crippen molar-refractivity contribution in [2.75, 3.05) is 0 Å². The molecule has 0 amide bonds. The fourth-order valence-electron chi connectivity index (χ4n) is 1.06. The van der Waals surface area contributed by atoms with E-state index in [1.54, 1.807) is 24.7 Å². The van der Waals surface area contributed by atoms with Crippen LogP contribution in [-0.2, 0) is 0 Å². The van der Waals surface area contributed by atoms with Gasteiger partial charge in [-0.05, 0) is 30.3 Å². The highest BCUT2D eigenvalue weighted by molar-refractivity contribution is 7.99. The van der Waals surface area contributed by atoms with Crippen LogP contribution < -0.4 is 5.73 Å². The zero-order valence-electron chi connectivity index (χ0n) is 9.08. The van der Waals surface area contributed by atoms with Crippen molar-refractivity contribution in [3.63, 3.8) is 0 Å². The summed E-state index contributed by atoms with van der Waals surface area (Å²) in [5.74, 6) is -0.0842. The first kappa shape index (κ1) is 11.5. The summed E-state index contributed by atoms with van der Waals surface area (Å²) in [6.45, 7) is 1.92. The largest absolute Gasteiger partial charge is 0.382 e. The Bertz CT molecular complexity index is 539. The molecule has 0 fully saturated rings. The Morgan fingerprint density at radius 2 is 1.94 bits per heavy atom. The molecular weight excluding hydrogens is 236 g/mol. The van der Waals surface area contributed by atoms with Crippen LogP contribution in [0.5, 0.6) is 0 Å². The number of nitrogens with two attached hydrogens (primary N) is 1. The Hall–Kier alpha value is -2.02. The monoisotopic (exact) mass is 246 g/mol.